The molecule has 37 heavy (non-hydrogen) atoms. The van der Waals surface area contributed by atoms with E-state index in [1.54, 1.807) is 0 Å². The highest BCUT2D eigenvalue weighted by Gasteiger charge is 2.29. The van der Waals surface area contributed by atoms with E-state index in [9.17, 15) is 0 Å². The zero-order valence-corrected chi connectivity index (χ0v) is 21.0. The molecule has 0 aliphatic carbocycles. The predicted octanol–water partition coefficient (Wildman–Crippen LogP) is 9.04. The Labute approximate surface area is 216 Å². The summed E-state index contributed by atoms with van der Waals surface area (Å²) in [5.74, 6) is 0.738. The zero-order valence-electron chi connectivity index (χ0n) is 21.0. The van der Waals surface area contributed by atoms with Crippen molar-refractivity contribution >= 4 is 38.2 Å². The third-order valence-electron chi connectivity index (χ3n) is 7.39. The second kappa shape index (κ2) is 8.31. The molecule has 6 aromatic carbocycles. The molecule has 0 bridgehead atoms. The lowest BCUT2D eigenvalue weighted by Crippen LogP contribution is -2.24. The van der Waals surface area contributed by atoms with Crippen LogP contribution in [0, 0.1) is 0 Å². The fourth-order valence-electron chi connectivity index (χ4n) is 5.77. The molecule has 6 aromatic rings. The fourth-order valence-corrected chi connectivity index (χ4v) is 5.77. The number of hydrogen-bond donors (Lipinski definition) is 0. The van der Waals surface area contributed by atoms with Crippen molar-refractivity contribution in [3.63, 3.8) is 0 Å². The lowest BCUT2D eigenvalue weighted by Gasteiger charge is -2.20. The van der Waals surface area contributed by atoms with E-state index >= 15 is 0 Å². The van der Waals surface area contributed by atoms with Gasteiger partial charge in [0.25, 0.3) is 0 Å². The molecule has 0 N–H and O–H groups in total. The number of rotatable bonds is 3. The SMILES string of the molecule is CC1(C)CN=C(c2ccc(-c3c4ccccc4c(-c4ccccc4)c4ccccc34)c3ccccc23)O1. The van der Waals surface area contributed by atoms with Gasteiger partial charge in [-0.2, -0.15) is 0 Å². The summed E-state index contributed by atoms with van der Waals surface area (Å²) in [7, 11) is 0. The lowest BCUT2D eigenvalue weighted by molar-refractivity contribution is 0.131. The summed E-state index contributed by atoms with van der Waals surface area (Å²) < 4.78 is 6.24. The maximum Gasteiger partial charge on any atom is 0.217 e. The second-order valence-corrected chi connectivity index (χ2v) is 10.4. The van der Waals surface area contributed by atoms with Gasteiger partial charge in [0.2, 0.25) is 5.90 Å². The van der Waals surface area contributed by atoms with Crippen LogP contribution in [-0.4, -0.2) is 18.0 Å². The van der Waals surface area contributed by atoms with E-state index in [0.29, 0.717) is 6.54 Å². The van der Waals surface area contributed by atoms with E-state index in [-0.39, 0.29) is 5.60 Å². The molecule has 7 rings (SSSR count). The number of hydrogen-bond acceptors (Lipinski definition) is 2. The molecule has 1 heterocycles. The zero-order chi connectivity index (χ0) is 25.0. The molecule has 0 aromatic heterocycles. The number of ether oxygens (including phenoxy) is 1. The normalized spacial score (nSPS) is 14.7. The topological polar surface area (TPSA) is 21.6 Å². The van der Waals surface area contributed by atoms with Crippen LogP contribution in [0.4, 0.5) is 0 Å². The van der Waals surface area contributed by atoms with Crippen molar-refractivity contribution in [3.8, 4) is 22.3 Å². The first-order valence-corrected chi connectivity index (χ1v) is 12.9. The number of aliphatic imine (C=N–C) groups is 1. The monoisotopic (exact) mass is 477 g/mol. The van der Waals surface area contributed by atoms with E-state index in [1.807, 2.05) is 0 Å². The molecule has 2 heteroatoms. The molecule has 178 valence electrons. The predicted molar refractivity (Wildman–Crippen MR) is 156 cm³/mol. The van der Waals surface area contributed by atoms with Crippen molar-refractivity contribution in [3.05, 3.63) is 121 Å². The summed E-state index contributed by atoms with van der Waals surface area (Å²) in [5.41, 5.74) is 5.80. The van der Waals surface area contributed by atoms with Crippen molar-refractivity contribution in [2.24, 2.45) is 4.99 Å². The molecule has 0 radical (unpaired) electrons. The maximum absolute atomic E-state index is 6.24. The van der Waals surface area contributed by atoms with E-state index in [1.165, 1.54) is 49.2 Å². The van der Waals surface area contributed by atoms with Gasteiger partial charge >= 0.3 is 0 Å². The van der Waals surface area contributed by atoms with Gasteiger partial charge in [0.15, 0.2) is 0 Å². The lowest BCUT2D eigenvalue weighted by atomic mass is 9.84. The first-order chi connectivity index (χ1) is 18.1. The average Bonchev–Trinajstić information content (AvgIpc) is 3.31. The molecule has 2 nitrogen and oxygen atoms in total. The fraction of sp³-hybridized carbons (Fsp3) is 0.114. The molecule has 0 saturated heterocycles. The molecular weight excluding hydrogens is 450 g/mol. The Morgan fingerprint density at radius 2 is 0.973 bits per heavy atom. The van der Waals surface area contributed by atoms with Gasteiger partial charge in [-0.05, 0) is 74.5 Å². The molecule has 0 spiro atoms. The number of nitrogens with zero attached hydrogens (tertiary/aromatic N) is 1. The third kappa shape index (κ3) is 3.52. The van der Waals surface area contributed by atoms with Crippen LogP contribution in [0.25, 0.3) is 54.6 Å². The first kappa shape index (κ1) is 21.8. The number of fused-ring (bicyclic) bond motifs is 3. The molecule has 0 saturated carbocycles. The van der Waals surface area contributed by atoms with Crippen molar-refractivity contribution in [1.29, 1.82) is 0 Å². The Hall–Kier alpha value is -4.43. The van der Waals surface area contributed by atoms with Crippen LogP contribution in [0.5, 0.6) is 0 Å². The van der Waals surface area contributed by atoms with Crippen LogP contribution < -0.4 is 0 Å². The van der Waals surface area contributed by atoms with Gasteiger partial charge in [0, 0.05) is 5.56 Å². The molecular formula is C35H27NO. The molecule has 1 aliphatic rings. The third-order valence-corrected chi connectivity index (χ3v) is 7.39. The Kier molecular flexibility index (Phi) is 4.90. The van der Waals surface area contributed by atoms with Crippen molar-refractivity contribution < 1.29 is 4.74 Å². The molecule has 0 fully saturated rings. The van der Waals surface area contributed by atoms with Gasteiger partial charge in [0.05, 0.1) is 6.54 Å². The summed E-state index contributed by atoms with van der Waals surface area (Å²) in [6.45, 7) is 4.86. The Morgan fingerprint density at radius 3 is 1.51 bits per heavy atom. The average molecular weight is 478 g/mol. The van der Waals surface area contributed by atoms with Crippen molar-refractivity contribution in [1.82, 2.24) is 0 Å². The number of benzene rings is 6. The van der Waals surface area contributed by atoms with Crippen LogP contribution in [0.3, 0.4) is 0 Å². The Morgan fingerprint density at radius 1 is 0.514 bits per heavy atom. The quantitative estimate of drug-likeness (QED) is 0.233. The van der Waals surface area contributed by atoms with Crippen LogP contribution in [-0.2, 0) is 4.74 Å². The Balaban J connectivity index is 1.57. The summed E-state index contributed by atoms with van der Waals surface area (Å²) >= 11 is 0. The largest absolute Gasteiger partial charge is 0.469 e. The minimum atomic E-state index is -0.269. The van der Waals surface area contributed by atoms with E-state index in [2.05, 4.69) is 129 Å². The van der Waals surface area contributed by atoms with Gasteiger partial charge in [0.1, 0.15) is 5.60 Å². The van der Waals surface area contributed by atoms with Gasteiger partial charge in [-0.1, -0.05) is 109 Å². The molecule has 0 unspecified atom stereocenters. The summed E-state index contributed by atoms with van der Waals surface area (Å²) in [5, 5.41) is 7.42. The smallest absolute Gasteiger partial charge is 0.217 e. The van der Waals surface area contributed by atoms with Gasteiger partial charge in [-0.15, -0.1) is 0 Å². The van der Waals surface area contributed by atoms with Crippen LogP contribution >= 0.6 is 0 Å². The van der Waals surface area contributed by atoms with Crippen molar-refractivity contribution in [2.75, 3.05) is 6.54 Å². The van der Waals surface area contributed by atoms with Crippen molar-refractivity contribution in [2.45, 2.75) is 19.4 Å². The minimum Gasteiger partial charge on any atom is -0.469 e. The Bertz CT molecular complexity index is 1790. The van der Waals surface area contributed by atoms with Gasteiger partial charge in [-0.25, -0.2) is 4.99 Å². The van der Waals surface area contributed by atoms with Crippen LogP contribution in [0.1, 0.15) is 19.4 Å². The van der Waals surface area contributed by atoms with Gasteiger partial charge in [-0.3, -0.25) is 0 Å². The van der Waals surface area contributed by atoms with Crippen LogP contribution in [0.2, 0.25) is 0 Å². The van der Waals surface area contributed by atoms with E-state index < -0.39 is 0 Å². The van der Waals surface area contributed by atoms with Crippen LogP contribution in [0.15, 0.2) is 120 Å². The molecule has 0 amide bonds. The highest BCUT2D eigenvalue weighted by Crippen LogP contribution is 2.45. The minimum absolute atomic E-state index is 0.269. The highest BCUT2D eigenvalue weighted by molar-refractivity contribution is 6.24. The summed E-state index contributed by atoms with van der Waals surface area (Å²) in [6.07, 6.45) is 0. The standard InChI is InChI=1S/C35H27NO/c1-35(2)22-36-34(37-35)31-21-20-30(24-14-6-7-15-25(24)31)33-28-18-10-8-16-26(28)32(23-12-4-3-5-13-23)27-17-9-11-19-29(27)33/h3-21H,22H2,1-2H3. The van der Waals surface area contributed by atoms with Gasteiger partial charge < -0.3 is 4.74 Å². The second-order valence-electron chi connectivity index (χ2n) is 10.4. The molecule has 1 aliphatic heterocycles. The highest BCUT2D eigenvalue weighted by atomic mass is 16.5. The first-order valence-electron chi connectivity index (χ1n) is 12.9. The van der Waals surface area contributed by atoms with E-state index in [4.69, 9.17) is 9.73 Å². The summed E-state index contributed by atoms with van der Waals surface area (Å²) in [4.78, 5) is 4.75. The molecule has 0 atom stereocenters. The van der Waals surface area contributed by atoms with E-state index in [0.717, 1.165) is 16.8 Å². The summed E-state index contributed by atoms with van der Waals surface area (Å²) in [6, 6.07) is 41.4. The maximum atomic E-state index is 6.24.